The molecule has 1 aliphatic carbocycles. The zero-order valence-electron chi connectivity index (χ0n) is 10.3. The second kappa shape index (κ2) is 4.76. The van der Waals surface area contributed by atoms with E-state index in [0.29, 0.717) is 18.4 Å². The molecule has 0 spiro atoms. The van der Waals surface area contributed by atoms with Crippen molar-refractivity contribution in [1.82, 2.24) is 9.55 Å². The molecule has 0 radical (unpaired) electrons. The van der Waals surface area contributed by atoms with Crippen LogP contribution < -0.4 is 4.74 Å². The first-order valence-electron chi connectivity index (χ1n) is 6.21. The molecule has 1 aromatic carbocycles. The van der Waals surface area contributed by atoms with Gasteiger partial charge in [0.25, 0.3) is 0 Å². The molecule has 1 aliphatic rings. The number of para-hydroxylation sites is 1. The molecule has 1 N–H and O–H groups in total. The normalized spacial score (nSPS) is 14.3. The molecule has 98 valence electrons. The quantitative estimate of drug-likeness (QED) is 0.894. The molecule has 1 heterocycles. The number of imidazole rings is 1. The summed E-state index contributed by atoms with van der Waals surface area (Å²) < 4.78 is 7.72. The molecule has 0 unspecified atom stereocenters. The van der Waals surface area contributed by atoms with Gasteiger partial charge < -0.3 is 14.4 Å². The summed E-state index contributed by atoms with van der Waals surface area (Å²) in [5.74, 6) is -0.593. The predicted octanol–water partition coefficient (Wildman–Crippen LogP) is 2.50. The molecule has 0 amide bonds. The molecule has 1 aromatic heterocycles. The summed E-state index contributed by atoms with van der Waals surface area (Å²) in [7, 11) is 0. The van der Waals surface area contributed by atoms with Gasteiger partial charge in [0.2, 0.25) is 0 Å². The average Bonchev–Trinajstić information content (AvgIpc) is 3.15. The number of rotatable bonds is 5. The third-order valence-corrected chi connectivity index (χ3v) is 3.18. The molecule has 5 heteroatoms. The van der Waals surface area contributed by atoms with Crippen LogP contribution in [0.15, 0.2) is 36.8 Å². The molecule has 0 aliphatic heterocycles. The van der Waals surface area contributed by atoms with Crippen molar-refractivity contribution in [2.75, 3.05) is 0 Å². The maximum absolute atomic E-state index is 11.1. The van der Waals surface area contributed by atoms with E-state index in [1.807, 2.05) is 0 Å². The Labute approximate surface area is 110 Å². The summed E-state index contributed by atoms with van der Waals surface area (Å²) in [5.41, 5.74) is 1.16. The van der Waals surface area contributed by atoms with E-state index in [1.54, 1.807) is 30.7 Å². The molecule has 0 saturated heterocycles. The molecule has 1 fully saturated rings. The van der Waals surface area contributed by atoms with Crippen LogP contribution in [0.1, 0.15) is 34.9 Å². The van der Waals surface area contributed by atoms with Gasteiger partial charge in [-0.05, 0) is 25.0 Å². The summed E-state index contributed by atoms with van der Waals surface area (Å²) in [5, 5.41) is 9.08. The van der Waals surface area contributed by atoms with Gasteiger partial charge in [-0.3, -0.25) is 0 Å². The number of ether oxygens (including phenoxy) is 1. The molecular formula is C14H14N2O3. The molecule has 0 atom stereocenters. The van der Waals surface area contributed by atoms with Gasteiger partial charge in [0.05, 0.1) is 18.2 Å². The number of carbonyl (C=O) groups is 1. The lowest BCUT2D eigenvalue weighted by atomic mass is 10.2. The smallest absolute Gasteiger partial charge is 0.339 e. The van der Waals surface area contributed by atoms with Gasteiger partial charge in [0.15, 0.2) is 0 Å². The van der Waals surface area contributed by atoms with Crippen molar-refractivity contribution in [1.29, 1.82) is 0 Å². The second-order valence-electron chi connectivity index (χ2n) is 4.61. The van der Waals surface area contributed by atoms with Crippen LogP contribution in [0, 0.1) is 0 Å². The Balaban J connectivity index is 1.75. The number of carboxylic acid groups (broad SMARTS) is 1. The second-order valence-corrected chi connectivity index (χ2v) is 4.61. The van der Waals surface area contributed by atoms with Gasteiger partial charge in [0.1, 0.15) is 17.9 Å². The minimum Gasteiger partial charge on any atom is -0.486 e. The fourth-order valence-electron chi connectivity index (χ4n) is 2.05. The van der Waals surface area contributed by atoms with Crippen LogP contribution in [0.25, 0.3) is 0 Å². The average molecular weight is 258 g/mol. The van der Waals surface area contributed by atoms with E-state index in [0.717, 1.165) is 5.69 Å². The lowest BCUT2D eigenvalue weighted by molar-refractivity contribution is 0.0691. The largest absolute Gasteiger partial charge is 0.486 e. The first-order chi connectivity index (χ1) is 9.25. The molecule has 0 bridgehead atoms. The van der Waals surface area contributed by atoms with Crippen LogP contribution in [0.4, 0.5) is 0 Å². The van der Waals surface area contributed by atoms with Gasteiger partial charge in [-0.25, -0.2) is 9.78 Å². The van der Waals surface area contributed by atoms with Crippen LogP contribution in [0.5, 0.6) is 5.75 Å². The highest BCUT2D eigenvalue weighted by Gasteiger charge is 2.25. The van der Waals surface area contributed by atoms with E-state index in [4.69, 9.17) is 9.84 Å². The summed E-state index contributed by atoms with van der Waals surface area (Å²) >= 11 is 0. The first-order valence-corrected chi connectivity index (χ1v) is 6.21. The number of nitrogens with zero attached hydrogens (tertiary/aromatic N) is 2. The van der Waals surface area contributed by atoms with Crippen molar-refractivity contribution >= 4 is 5.97 Å². The first kappa shape index (κ1) is 11.8. The number of hydrogen-bond donors (Lipinski definition) is 1. The predicted molar refractivity (Wildman–Crippen MR) is 68.2 cm³/mol. The Morgan fingerprint density at radius 3 is 2.95 bits per heavy atom. The molecule has 1 saturated carbocycles. The maximum atomic E-state index is 11.1. The topological polar surface area (TPSA) is 64.3 Å². The Hall–Kier alpha value is -2.30. The van der Waals surface area contributed by atoms with Crippen LogP contribution in [0.2, 0.25) is 0 Å². The molecule has 19 heavy (non-hydrogen) atoms. The fourth-order valence-corrected chi connectivity index (χ4v) is 2.05. The van der Waals surface area contributed by atoms with Crippen LogP contribution in [0.3, 0.4) is 0 Å². The molecule has 3 rings (SSSR count). The van der Waals surface area contributed by atoms with Crippen LogP contribution in [-0.2, 0) is 6.61 Å². The van der Waals surface area contributed by atoms with E-state index in [-0.39, 0.29) is 5.56 Å². The fraction of sp³-hybridized carbons (Fsp3) is 0.286. The lowest BCUT2D eigenvalue weighted by Crippen LogP contribution is -2.06. The Morgan fingerprint density at radius 1 is 1.42 bits per heavy atom. The molecule has 2 aromatic rings. The highest BCUT2D eigenvalue weighted by molar-refractivity contribution is 5.90. The summed E-state index contributed by atoms with van der Waals surface area (Å²) in [6.45, 7) is 0.334. The van der Waals surface area contributed by atoms with Crippen molar-refractivity contribution in [2.24, 2.45) is 0 Å². The van der Waals surface area contributed by atoms with E-state index < -0.39 is 5.97 Å². The zero-order chi connectivity index (χ0) is 13.2. The minimum absolute atomic E-state index is 0.181. The van der Waals surface area contributed by atoms with Crippen LogP contribution >= 0.6 is 0 Å². The monoisotopic (exact) mass is 258 g/mol. The number of aromatic carboxylic acids is 1. The van der Waals surface area contributed by atoms with Crippen molar-refractivity contribution in [3.63, 3.8) is 0 Å². The van der Waals surface area contributed by atoms with Crippen molar-refractivity contribution in [2.45, 2.75) is 25.5 Å². The van der Waals surface area contributed by atoms with E-state index in [2.05, 4.69) is 9.55 Å². The Kier molecular flexibility index (Phi) is 2.95. The van der Waals surface area contributed by atoms with E-state index in [9.17, 15) is 4.79 Å². The third kappa shape index (κ3) is 2.45. The number of aromatic nitrogens is 2. The Bertz CT molecular complexity index is 602. The van der Waals surface area contributed by atoms with Crippen molar-refractivity contribution in [3.05, 3.63) is 48.0 Å². The van der Waals surface area contributed by atoms with Crippen LogP contribution in [-0.4, -0.2) is 20.6 Å². The van der Waals surface area contributed by atoms with E-state index >= 15 is 0 Å². The standard InChI is InChI=1S/C14H14N2O3/c17-14(18)12-3-1-2-4-13(12)19-8-11-7-15-9-16(11)10-5-6-10/h1-4,7,9-10H,5-6,8H2,(H,17,18). The van der Waals surface area contributed by atoms with Gasteiger partial charge in [-0.1, -0.05) is 12.1 Å². The number of benzene rings is 1. The SMILES string of the molecule is O=C(O)c1ccccc1OCc1cncn1C1CC1. The summed E-state index contributed by atoms with van der Waals surface area (Å²) in [4.78, 5) is 15.2. The highest BCUT2D eigenvalue weighted by atomic mass is 16.5. The Morgan fingerprint density at radius 2 is 2.21 bits per heavy atom. The van der Waals surface area contributed by atoms with Gasteiger partial charge in [0, 0.05) is 6.04 Å². The lowest BCUT2D eigenvalue weighted by Gasteiger charge is -2.10. The van der Waals surface area contributed by atoms with E-state index in [1.165, 1.54) is 18.9 Å². The zero-order valence-corrected chi connectivity index (χ0v) is 10.3. The van der Waals surface area contributed by atoms with Gasteiger partial charge in [-0.2, -0.15) is 0 Å². The van der Waals surface area contributed by atoms with Gasteiger partial charge in [-0.15, -0.1) is 0 Å². The maximum Gasteiger partial charge on any atom is 0.339 e. The van der Waals surface area contributed by atoms with Crippen molar-refractivity contribution in [3.8, 4) is 5.75 Å². The number of carboxylic acids is 1. The van der Waals surface area contributed by atoms with Gasteiger partial charge >= 0.3 is 5.97 Å². The molecular weight excluding hydrogens is 244 g/mol. The summed E-state index contributed by atoms with van der Waals surface area (Å²) in [6, 6.07) is 7.19. The summed E-state index contributed by atoms with van der Waals surface area (Å²) in [6.07, 6.45) is 5.92. The number of hydrogen-bond acceptors (Lipinski definition) is 3. The third-order valence-electron chi connectivity index (χ3n) is 3.18. The minimum atomic E-state index is -0.980. The highest BCUT2D eigenvalue weighted by Crippen LogP contribution is 2.35. The molecule has 5 nitrogen and oxygen atoms in total. The van der Waals surface area contributed by atoms with Crippen molar-refractivity contribution < 1.29 is 14.6 Å².